The van der Waals surface area contributed by atoms with Gasteiger partial charge in [0.05, 0.1) is 0 Å². The Morgan fingerprint density at radius 3 is 2.48 bits per heavy atom. The summed E-state index contributed by atoms with van der Waals surface area (Å²) in [6, 6.07) is 12.3. The van der Waals surface area contributed by atoms with E-state index in [1.807, 2.05) is 30.3 Å². The molecular weight excluding hydrogens is 270 g/mol. The van der Waals surface area contributed by atoms with E-state index in [1.54, 1.807) is 0 Å². The third-order valence-electron chi connectivity index (χ3n) is 2.96. The third kappa shape index (κ3) is 4.07. The van der Waals surface area contributed by atoms with Crippen LogP contribution in [0.5, 0.6) is 11.5 Å². The van der Waals surface area contributed by atoms with E-state index in [4.69, 9.17) is 0 Å². The van der Waals surface area contributed by atoms with Gasteiger partial charge in [-0.3, -0.25) is 4.99 Å². The van der Waals surface area contributed by atoms with Crippen LogP contribution in [-0.2, 0) is 11.2 Å². The zero-order valence-corrected chi connectivity index (χ0v) is 11.2. The number of benzene rings is 2. The highest BCUT2D eigenvalue weighted by atomic mass is 16.4. The minimum atomic E-state index is -1.03. The number of carboxylic acids is 1. The van der Waals surface area contributed by atoms with Crippen molar-refractivity contribution >= 4 is 12.2 Å². The molecule has 5 nitrogen and oxygen atoms in total. The summed E-state index contributed by atoms with van der Waals surface area (Å²) < 4.78 is 0. The van der Waals surface area contributed by atoms with Crippen molar-refractivity contribution in [2.45, 2.75) is 12.5 Å². The highest BCUT2D eigenvalue weighted by molar-refractivity contribution is 5.86. The molecule has 108 valence electrons. The van der Waals surface area contributed by atoms with Gasteiger partial charge >= 0.3 is 5.97 Å². The lowest BCUT2D eigenvalue weighted by Gasteiger charge is -2.07. The Hall–Kier alpha value is -2.82. The number of hydrogen-bond acceptors (Lipinski definition) is 4. The Labute approximate surface area is 121 Å². The molecule has 1 atom stereocenters. The fourth-order valence-corrected chi connectivity index (χ4v) is 1.85. The molecule has 0 unspecified atom stereocenters. The van der Waals surface area contributed by atoms with Gasteiger partial charge < -0.3 is 15.3 Å². The number of carboxylic acid groups (broad SMARTS) is 1. The van der Waals surface area contributed by atoms with Crippen LogP contribution < -0.4 is 0 Å². The molecule has 2 aromatic carbocycles. The molecule has 0 radical (unpaired) electrons. The molecule has 21 heavy (non-hydrogen) atoms. The zero-order chi connectivity index (χ0) is 15.2. The molecule has 0 heterocycles. The molecule has 0 aromatic heterocycles. The van der Waals surface area contributed by atoms with Gasteiger partial charge in [-0.05, 0) is 17.7 Å². The van der Waals surface area contributed by atoms with Crippen LogP contribution in [0.2, 0.25) is 0 Å². The van der Waals surface area contributed by atoms with Gasteiger partial charge in [0, 0.05) is 24.3 Å². The molecular formula is C16H15NO4. The summed E-state index contributed by atoms with van der Waals surface area (Å²) in [5.41, 5.74) is 1.23. The van der Waals surface area contributed by atoms with Gasteiger partial charge in [-0.2, -0.15) is 0 Å². The fourth-order valence-electron chi connectivity index (χ4n) is 1.85. The van der Waals surface area contributed by atoms with Gasteiger partial charge in [0.25, 0.3) is 0 Å². The second-order valence-corrected chi connectivity index (χ2v) is 4.57. The maximum atomic E-state index is 11.2. The summed E-state index contributed by atoms with van der Waals surface area (Å²) in [5.74, 6) is -1.25. The number of aliphatic carboxylic acids is 1. The van der Waals surface area contributed by atoms with Crippen molar-refractivity contribution in [3.05, 3.63) is 59.7 Å². The quantitative estimate of drug-likeness (QED) is 0.735. The van der Waals surface area contributed by atoms with E-state index in [2.05, 4.69) is 4.99 Å². The Kier molecular flexibility index (Phi) is 4.56. The van der Waals surface area contributed by atoms with Gasteiger partial charge in [-0.15, -0.1) is 0 Å². The molecule has 0 aliphatic carbocycles. The first-order valence-corrected chi connectivity index (χ1v) is 6.38. The standard InChI is InChI=1S/C16H15NO4/c18-13-7-6-12(15(19)9-13)10-17-14(16(20)21)8-11-4-2-1-3-5-11/h1-7,9-10,14,18-19H,8H2,(H,20,21)/t14-/m0/s1. The zero-order valence-electron chi connectivity index (χ0n) is 11.2. The molecule has 0 saturated heterocycles. The maximum Gasteiger partial charge on any atom is 0.328 e. The number of aromatic hydroxyl groups is 2. The predicted molar refractivity (Wildman–Crippen MR) is 78.9 cm³/mol. The van der Waals surface area contributed by atoms with Crippen molar-refractivity contribution in [1.29, 1.82) is 0 Å². The molecule has 2 aromatic rings. The first-order chi connectivity index (χ1) is 10.1. The Morgan fingerprint density at radius 2 is 1.86 bits per heavy atom. The van der Waals surface area contributed by atoms with Crippen LogP contribution in [0.4, 0.5) is 0 Å². The number of aliphatic imine (C=N–C) groups is 1. The average Bonchev–Trinajstić information content (AvgIpc) is 2.46. The van der Waals surface area contributed by atoms with E-state index in [0.29, 0.717) is 5.56 Å². The molecule has 2 rings (SSSR count). The van der Waals surface area contributed by atoms with Gasteiger partial charge in [-0.1, -0.05) is 30.3 Å². The fraction of sp³-hybridized carbons (Fsp3) is 0.125. The SMILES string of the molecule is O=C(O)[C@H](Cc1ccccc1)N=Cc1ccc(O)cc1O. The van der Waals surface area contributed by atoms with E-state index in [9.17, 15) is 20.1 Å². The van der Waals surface area contributed by atoms with Crippen LogP contribution in [0.1, 0.15) is 11.1 Å². The lowest BCUT2D eigenvalue weighted by Crippen LogP contribution is -2.20. The van der Waals surface area contributed by atoms with Crippen molar-refractivity contribution in [2.75, 3.05) is 0 Å². The van der Waals surface area contributed by atoms with Gasteiger partial charge in [0.2, 0.25) is 0 Å². The van der Waals surface area contributed by atoms with Crippen LogP contribution in [0.3, 0.4) is 0 Å². The molecule has 0 aliphatic rings. The van der Waals surface area contributed by atoms with Crippen LogP contribution >= 0.6 is 0 Å². The molecule has 5 heteroatoms. The monoisotopic (exact) mass is 285 g/mol. The molecule has 0 aliphatic heterocycles. The number of hydrogen-bond donors (Lipinski definition) is 3. The van der Waals surface area contributed by atoms with Gasteiger partial charge in [0.15, 0.2) is 6.04 Å². The molecule has 0 fully saturated rings. The minimum Gasteiger partial charge on any atom is -0.508 e. The molecule has 0 bridgehead atoms. The van der Waals surface area contributed by atoms with Crippen molar-refractivity contribution in [3.63, 3.8) is 0 Å². The molecule has 0 saturated carbocycles. The summed E-state index contributed by atoms with van der Waals surface area (Å²) in [6.45, 7) is 0. The average molecular weight is 285 g/mol. The summed E-state index contributed by atoms with van der Waals surface area (Å²) in [5, 5.41) is 28.0. The largest absolute Gasteiger partial charge is 0.508 e. The van der Waals surface area contributed by atoms with Crippen molar-refractivity contribution in [2.24, 2.45) is 4.99 Å². The van der Waals surface area contributed by atoms with Crippen LogP contribution in [0.15, 0.2) is 53.5 Å². The second-order valence-electron chi connectivity index (χ2n) is 4.57. The van der Waals surface area contributed by atoms with Crippen molar-refractivity contribution < 1.29 is 20.1 Å². The van der Waals surface area contributed by atoms with E-state index in [1.165, 1.54) is 24.4 Å². The predicted octanol–water partition coefficient (Wildman–Crippen LogP) is 2.21. The summed E-state index contributed by atoms with van der Waals surface area (Å²) in [6.07, 6.45) is 1.57. The number of rotatable bonds is 5. The number of nitrogens with zero attached hydrogens (tertiary/aromatic N) is 1. The lowest BCUT2D eigenvalue weighted by atomic mass is 10.1. The van der Waals surface area contributed by atoms with E-state index in [-0.39, 0.29) is 17.9 Å². The molecule has 3 N–H and O–H groups in total. The van der Waals surface area contributed by atoms with Crippen LogP contribution in [-0.4, -0.2) is 33.5 Å². The Balaban J connectivity index is 2.16. The number of phenolic OH excluding ortho intramolecular Hbond substituents is 2. The normalized spacial score (nSPS) is 12.4. The molecule has 0 amide bonds. The summed E-state index contributed by atoms with van der Waals surface area (Å²) >= 11 is 0. The first kappa shape index (κ1) is 14.6. The minimum absolute atomic E-state index is 0.0660. The van der Waals surface area contributed by atoms with E-state index in [0.717, 1.165) is 5.56 Å². The smallest absolute Gasteiger partial charge is 0.328 e. The number of phenols is 2. The third-order valence-corrected chi connectivity index (χ3v) is 2.96. The Bertz CT molecular complexity index is 653. The van der Waals surface area contributed by atoms with Crippen LogP contribution in [0, 0.1) is 0 Å². The second kappa shape index (κ2) is 6.56. The lowest BCUT2D eigenvalue weighted by molar-refractivity contribution is -0.138. The van der Waals surface area contributed by atoms with Crippen molar-refractivity contribution in [1.82, 2.24) is 0 Å². The maximum absolute atomic E-state index is 11.2. The summed E-state index contributed by atoms with van der Waals surface area (Å²) in [4.78, 5) is 15.3. The summed E-state index contributed by atoms with van der Waals surface area (Å²) in [7, 11) is 0. The number of carbonyl (C=O) groups is 1. The topological polar surface area (TPSA) is 90.1 Å². The molecule has 0 spiro atoms. The van der Waals surface area contributed by atoms with Gasteiger partial charge in [0.1, 0.15) is 11.5 Å². The van der Waals surface area contributed by atoms with E-state index >= 15 is 0 Å². The Morgan fingerprint density at radius 1 is 1.14 bits per heavy atom. The first-order valence-electron chi connectivity index (χ1n) is 6.38. The highest BCUT2D eigenvalue weighted by Crippen LogP contribution is 2.21. The van der Waals surface area contributed by atoms with Gasteiger partial charge in [-0.25, -0.2) is 4.79 Å². The van der Waals surface area contributed by atoms with Crippen molar-refractivity contribution in [3.8, 4) is 11.5 Å². The highest BCUT2D eigenvalue weighted by Gasteiger charge is 2.16. The van der Waals surface area contributed by atoms with E-state index < -0.39 is 12.0 Å². The van der Waals surface area contributed by atoms with Crippen LogP contribution in [0.25, 0.3) is 0 Å².